The van der Waals surface area contributed by atoms with Crippen LogP contribution in [0, 0.1) is 5.92 Å². The first-order valence-electron chi connectivity index (χ1n) is 8.68. The normalized spacial score (nSPS) is 18.6. The number of piperazine rings is 1. The highest BCUT2D eigenvalue weighted by Gasteiger charge is 2.36. The Morgan fingerprint density at radius 1 is 0.880 bits per heavy atom. The summed E-state index contributed by atoms with van der Waals surface area (Å²) in [7, 11) is 0. The van der Waals surface area contributed by atoms with E-state index >= 15 is 0 Å². The zero-order valence-electron chi connectivity index (χ0n) is 14.3. The number of rotatable bonds is 5. The number of halogens is 2. The highest BCUT2D eigenvalue weighted by molar-refractivity contribution is 5.85. The van der Waals surface area contributed by atoms with Gasteiger partial charge in [0.15, 0.2) is 0 Å². The van der Waals surface area contributed by atoms with Crippen LogP contribution in [0.2, 0.25) is 0 Å². The standard InChI is InChI=1S/C20H24N2O.2ClH/c1-2-6-18(7-3-1)23-19-8-4-5-17(15-19)20(16-9-10-16)22-13-11-21-12-14-22;;/h1-8,15-16,20-21H,9-14H2;2*1H/t20-;;/m0../s1. The van der Waals surface area contributed by atoms with E-state index in [1.54, 1.807) is 0 Å². The molecule has 1 saturated carbocycles. The highest BCUT2D eigenvalue weighted by Crippen LogP contribution is 2.45. The smallest absolute Gasteiger partial charge is 0.127 e. The van der Waals surface area contributed by atoms with Crippen molar-refractivity contribution in [3.63, 3.8) is 0 Å². The summed E-state index contributed by atoms with van der Waals surface area (Å²) in [6.45, 7) is 4.49. The summed E-state index contributed by atoms with van der Waals surface area (Å²) in [5.41, 5.74) is 1.41. The molecule has 1 saturated heterocycles. The van der Waals surface area contributed by atoms with Crippen LogP contribution in [0.15, 0.2) is 54.6 Å². The fraction of sp³-hybridized carbons (Fsp3) is 0.400. The second kappa shape index (κ2) is 9.44. The van der Waals surface area contributed by atoms with Crippen LogP contribution in [0.5, 0.6) is 11.5 Å². The maximum atomic E-state index is 6.03. The Labute approximate surface area is 162 Å². The van der Waals surface area contributed by atoms with Gasteiger partial charge in [-0.1, -0.05) is 30.3 Å². The van der Waals surface area contributed by atoms with Crippen LogP contribution in [0.1, 0.15) is 24.4 Å². The summed E-state index contributed by atoms with van der Waals surface area (Å²) in [5, 5.41) is 3.46. The Balaban J connectivity index is 0.00000113. The van der Waals surface area contributed by atoms with Crippen LogP contribution in [-0.4, -0.2) is 31.1 Å². The molecule has 0 bridgehead atoms. The first-order chi connectivity index (χ1) is 11.4. The van der Waals surface area contributed by atoms with Crippen LogP contribution < -0.4 is 10.1 Å². The molecule has 1 N–H and O–H groups in total. The highest BCUT2D eigenvalue weighted by atomic mass is 35.5. The molecule has 0 unspecified atom stereocenters. The molecule has 2 aliphatic rings. The van der Waals surface area contributed by atoms with Gasteiger partial charge in [-0.15, -0.1) is 24.8 Å². The number of benzene rings is 2. The van der Waals surface area contributed by atoms with E-state index in [1.165, 1.54) is 18.4 Å². The minimum atomic E-state index is 0. The molecule has 136 valence electrons. The van der Waals surface area contributed by atoms with Gasteiger partial charge in [0.2, 0.25) is 0 Å². The van der Waals surface area contributed by atoms with Crippen molar-refractivity contribution in [1.82, 2.24) is 10.2 Å². The zero-order chi connectivity index (χ0) is 15.5. The molecule has 25 heavy (non-hydrogen) atoms. The number of nitrogens with zero attached hydrogens (tertiary/aromatic N) is 1. The number of hydrogen-bond acceptors (Lipinski definition) is 3. The van der Waals surface area contributed by atoms with E-state index < -0.39 is 0 Å². The van der Waals surface area contributed by atoms with Gasteiger partial charge in [0.05, 0.1) is 0 Å². The molecule has 2 fully saturated rings. The van der Waals surface area contributed by atoms with Crippen molar-refractivity contribution in [2.75, 3.05) is 26.2 Å². The van der Waals surface area contributed by atoms with E-state index in [2.05, 4.69) is 34.5 Å². The SMILES string of the molecule is Cl.Cl.c1ccc(Oc2cccc([C@H](C3CC3)N3CCNCC3)c2)cc1. The lowest BCUT2D eigenvalue weighted by Gasteiger charge is -2.35. The Kier molecular flexibility index (Phi) is 7.57. The van der Waals surface area contributed by atoms with E-state index in [-0.39, 0.29) is 24.8 Å². The summed E-state index contributed by atoms with van der Waals surface area (Å²) >= 11 is 0. The van der Waals surface area contributed by atoms with Crippen LogP contribution in [0.4, 0.5) is 0 Å². The Bertz CT molecular complexity index is 643. The van der Waals surface area contributed by atoms with Crippen LogP contribution in [-0.2, 0) is 0 Å². The van der Waals surface area contributed by atoms with Crippen molar-refractivity contribution in [2.24, 2.45) is 5.92 Å². The molecule has 0 radical (unpaired) electrons. The zero-order valence-corrected chi connectivity index (χ0v) is 15.9. The van der Waals surface area contributed by atoms with Crippen molar-refractivity contribution in [2.45, 2.75) is 18.9 Å². The van der Waals surface area contributed by atoms with Gasteiger partial charge in [-0.05, 0) is 48.6 Å². The van der Waals surface area contributed by atoms with E-state index in [9.17, 15) is 0 Å². The first-order valence-corrected chi connectivity index (χ1v) is 8.68. The minimum Gasteiger partial charge on any atom is -0.457 e. The third kappa shape index (κ3) is 5.11. The van der Waals surface area contributed by atoms with Crippen LogP contribution in [0.25, 0.3) is 0 Å². The Hall–Kier alpha value is -1.26. The molecule has 3 nitrogen and oxygen atoms in total. The predicted molar refractivity (Wildman–Crippen MR) is 107 cm³/mol. The van der Waals surface area contributed by atoms with Crippen molar-refractivity contribution in [3.8, 4) is 11.5 Å². The fourth-order valence-electron chi connectivity index (χ4n) is 3.54. The average Bonchev–Trinajstić information content (AvgIpc) is 3.42. The van der Waals surface area contributed by atoms with E-state index in [1.807, 2.05) is 30.3 Å². The summed E-state index contributed by atoms with van der Waals surface area (Å²) in [4.78, 5) is 2.65. The molecule has 0 aromatic heterocycles. The van der Waals surface area contributed by atoms with Gasteiger partial charge in [-0.25, -0.2) is 0 Å². The summed E-state index contributed by atoms with van der Waals surface area (Å²) in [5.74, 6) is 2.66. The lowest BCUT2D eigenvalue weighted by molar-refractivity contribution is 0.156. The first kappa shape index (κ1) is 20.1. The lowest BCUT2D eigenvalue weighted by atomic mass is 9.99. The number of nitrogens with one attached hydrogen (secondary N) is 1. The third-order valence-corrected chi connectivity index (χ3v) is 4.79. The molecule has 2 aromatic carbocycles. The molecule has 4 rings (SSSR count). The minimum absolute atomic E-state index is 0. The quantitative estimate of drug-likeness (QED) is 0.814. The predicted octanol–water partition coefficient (Wildman–Crippen LogP) is 4.68. The molecule has 1 atom stereocenters. The Morgan fingerprint density at radius 3 is 2.24 bits per heavy atom. The van der Waals surface area contributed by atoms with E-state index in [0.717, 1.165) is 43.6 Å². The van der Waals surface area contributed by atoms with Gasteiger partial charge in [0.25, 0.3) is 0 Å². The summed E-state index contributed by atoms with van der Waals surface area (Å²) in [6, 6.07) is 19.3. The van der Waals surface area contributed by atoms with E-state index in [4.69, 9.17) is 4.74 Å². The molecule has 1 aliphatic carbocycles. The molecule has 0 spiro atoms. The van der Waals surface area contributed by atoms with Crippen molar-refractivity contribution >= 4 is 24.8 Å². The van der Waals surface area contributed by atoms with Gasteiger partial charge in [-0.2, -0.15) is 0 Å². The lowest BCUT2D eigenvalue weighted by Crippen LogP contribution is -2.45. The third-order valence-electron chi connectivity index (χ3n) is 4.79. The number of hydrogen-bond donors (Lipinski definition) is 1. The molecular formula is C20H26Cl2N2O. The second-order valence-electron chi connectivity index (χ2n) is 6.56. The van der Waals surface area contributed by atoms with Crippen molar-refractivity contribution in [3.05, 3.63) is 60.2 Å². The molecule has 2 aromatic rings. The van der Waals surface area contributed by atoms with Gasteiger partial charge >= 0.3 is 0 Å². The number of para-hydroxylation sites is 1. The van der Waals surface area contributed by atoms with Gasteiger partial charge in [0, 0.05) is 32.2 Å². The van der Waals surface area contributed by atoms with Crippen molar-refractivity contribution in [1.29, 1.82) is 0 Å². The molecule has 5 heteroatoms. The number of ether oxygens (including phenoxy) is 1. The largest absolute Gasteiger partial charge is 0.457 e. The summed E-state index contributed by atoms with van der Waals surface area (Å²) in [6.07, 6.45) is 2.72. The van der Waals surface area contributed by atoms with Gasteiger partial charge in [0.1, 0.15) is 11.5 Å². The van der Waals surface area contributed by atoms with Crippen molar-refractivity contribution < 1.29 is 4.74 Å². The molecular weight excluding hydrogens is 355 g/mol. The molecule has 1 aliphatic heterocycles. The van der Waals surface area contributed by atoms with Gasteiger partial charge < -0.3 is 10.1 Å². The summed E-state index contributed by atoms with van der Waals surface area (Å²) < 4.78 is 6.03. The second-order valence-corrected chi connectivity index (χ2v) is 6.56. The van der Waals surface area contributed by atoms with E-state index in [0.29, 0.717) is 6.04 Å². The maximum absolute atomic E-state index is 6.03. The van der Waals surface area contributed by atoms with Crippen LogP contribution in [0.3, 0.4) is 0 Å². The van der Waals surface area contributed by atoms with Crippen LogP contribution >= 0.6 is 24.8 Å². The molecule has 0 amide bonds. The Morgan fingerprint density at radius 2 is 1.56 bits per heavy atom. The topological polar surface area (TPSA) is 24.5 Å². The monoisotopic (exact) mass is 380 g/mol. The maximum Gasteiger partial charge on any atom is 0.127 e. The molecule has 1 heterocycles. The fourth-order valence-corrected chi connectivity index (χ4v) is 3.54. The average molecular weight is 381 g/mol. The van der Waals surface area contributed by atoms with Gasteiger partial charge in [-0.3, -0.25) is 4.90 Å².